The Morgan fingerprint density at radius 1 is 1.37 bits per heavy atom. The minimum Gasteiger partial charge on any atom is -0.478 e. The van der Waals surface area contributed by atoms with Crippen LogP contribution in [-0.4, -0.2) is 33.5 Å². The molecule has 0 amide bonds. The predicted molar refractivity (Wildman–Crippen MR) is 109 cm³/mol. The third kappa shape index (κ3) is 3.72. The molecule has 2 N–H and O–H groups in total. The standard InChI is InChI=1S/C23H28N2O2/c1-15(7-3-6-10-21(26)27)23-22-19(18-8-4-5-9-20(18)24-22)13-16(2)25(23)14-17-11-12-17/h4-6,8-10,16-17,23-24H,1,3,7,11-14H2,2H3,(H,26,27)/b10-6+. The normalized spacial score (nSPS) is 23.0. The molecule has 0 saturated heterocycles. The summed E-state index contributed by atoms with van der Waals surface area (Å²) in [5.74, 6) is -0.0688. The van der Waals surface area contributed by atoms with Gasteiger partial charge >= 0.3 is 5.97 Å². The Morgan fingerprint density at radius 2 is 2.15 bits per heavy atom. The van der Waals surface area contributed by atoms with E-state index in [-0.39, 0.29) is 6.04 Å². The van der Waals surface area contributed by atoms with Gasteiger partial charge in [0.2, 0.25) is 0 Å². The average molecular weight is 364 g/mol. The molecule has 1 aliphatic heterocycles. The number of allylic oxidation sites excluding steroid dienone is 1. The molecule has 0 radical (unpaired) electrons. The van der Waals surface area contributed by atoms with Gasteiger partial charge in [0.05, 0.1) is 6.04 Å². The predicted octanol–water partition coefficient (Wildman–Crippen LogP) is 4.84. The van der Waals surface area contributed by atoms with Crippen LogP contribution >= 0.6 is 0 Å². The number of nitrogens with zero attached hydrogens (tertiary/aromatic N) is 1. The zero-order valence-electron chi connectivity index (χ0n) is 15.9. The Kier molecular flexibility index (Phi) is 4.92. The Hall–Kier alpha value is -2.33. The number of hydrogen-bond acceptors (Lipinski definition) is 2. The van der Waals surface area contributed by atoms with E-state index < -0.39 is 5.97 Å². The van der Waals surface area contributed by atoms with E-state index in [1.54, 1.807) is 6.08 Å². The van der Waals surface area contributed by atoms with Crippen LogP contribution < -0.4 is 0 Å². The van der Waals surface area contributed by atoms with E-state index in [9.17, 15) is 4.79 Å². The number of aromatic amines is 1. The van der Waals surface area contributed by atoms with Crippen LogP contribution in [0.3, 0.4) is 0 Å². The van der Waals surface area contributed by atoms with Crippen molar-refractivity contribution < 1.29 is 9.90 Å². The highest BCUT2D eigenvalue weighted by molar-refractivity contribution is 5.85. The molecule has 2 aliphatic rings. The second-order valence-electron chi connectivity index (χ2n) is 8.10. The molecule has 1 aromatic heterocycles. The maximum Gasteiger partial charge on any atom is 0.327 e. The fraction of sp³-hybridized carbons (Fsp3) is 0.435. The number of carboxylic acid groups (broad SMARTS) is 1. The number of aromatic nitrogens is 1. The molecule has 4 nitrogen and oxygen atoms in total. The molecular formula is C23H28N2O2. The van der Waals surface area contributed by atoms with Gasteiger partial charge in [-0.05, 0) is 56.6 Å². The number of hydrogen-bond donors (Lipinski definition) is 2. The SMILES string of the molecule is C=C(CC/C=C/C(=O)O)C1c2[nH]c3ccccc3c2CC(C)N1CC1CC1. The molecule has 4 rings (SSSR count). The fourth-order valence-corrected chi connectivity index (χ4v) is 4.42. The summed E-state index contributed by atoms with van der Waals surface area (Å²) in [4.78, 5) is 17.0. The summed E-state index contributed by atoms with van der Waals surface area (Å²) in [7, 11) is 0. The lowest BCUT2D eigenvalue weighted by Crippen LogP contribution is -2.43. The van der Waals surface area contributed by atoms with Crippen LogP contribution in [0.1, 0.15) is 49.9 Å². The Labute approximate surface area is 160 Å². The largest absolute Gasteiger partial charge is 0.478 e. The number of carboxylic acids is 1. The van der Waals surface area contributed by atoms with Crippen LogP contribution in [0, 0.1) is 5.92 Å². The van der Waals surface area contributed by atoms with Gasteiger partial charge in [-0.3, -0.25) is 4.90 Å². The Bertz CT molecular complexity index is 891. The second kappa shape index (κ2) is 7.35. The maximum atomic E-state index is 10.7. The van der Waals surface area contributed by atoms with Crippen molar-refractivity contribution in [1.82, 2.24) is 9.88 Å². The first kappa shape index (κ1) is 18.1. The molecule has 142 valence electrons. The summed E-state index contributed by atoms with van der Waals surface area (Å²) in [6, 6.07) is 9.22. The third-order valence-electron chi connectivity index (χ3n) is 5.96. The summed E-state index contributed by atoms with van der Waals surface area (Å²) in [5, 5.41) is 10.1. The van der Waals surface area contributed by atoms with E-state index in [1.165, 1.54) is 46.7 Å². The molecule has 1 fully saturated rings. The summed E-state index contributed by atoms with van der Waals surface area (Å²) in [6.45, 7) is 7.89. The summed E-state index contributed by atoms with van der Waals surface area (Å²) >= 11 is 0. The zero-order valence-corrected chi connectivity index (χ0v) is 15.9. The van der Waals surface area contributed by atoms with E-state index in [0.29, 0.717) is 12.5 Å². The molecule has 1 aliphatic carbocycles. The van der Waals surface area contributed by atoms with Gasteiger partial charge in [0.1, 0.15) is 0 Å². The van der Waals surface area contributed by atoms with E-state index in [4.69, 9.17) is 5.11 Å². The quantitative estimate of drug-likeness (QED) is 0.546. The number of rotatable bonds is 7. The van der Waals surface area contributed by atoms with E-state index in [0.717, 1.165) is 25.3 Å². The number of carbonyl (C=O) groups is 1. The van der Waals surface area contributed by atoms with Gasteiger partial charge in [-0.1, -0.05) is 36.4 Å². The van der Waals surface area contributed by atoms with Crippen molar-refractivity contribution in [2.75, 3.05) is 6.54 Å². The van der Waals surface area contributed by atoms with Crippen molar-refractivity contribution in [3.8, 4) is 0 Å². The van der Waals surface area contributed by atoms with Gasteiger partial charge in [0, 0.05) is 35.3 Å². The summed E-state index contributed by atoms with van der Waals surface area (Å²) in [5.41, 5.74) is 5.09. The summed E-state index contributed by atoms with van der Waals surface area (Å²) < 4.78 is 0. The summed E-state index contributed by atoms with van der Waals surface area (Å²) in [6.07, 6.45) is 8.21. The van der Waals surface area contributed by atoms with Gasteiger partial charge in [-0.15, -0.1) is 0 Å². The molecule has 4 heteroatoms. The minimum atomic E-state index is -0.889. The van der Waals surface area contributed by atoms with Crippen molar-refractivity contribution in [3.63, 3.8) is 0 Å². The highest BCUT2D eigenvalue weighted by atomic mass is 16.4. The molecule has 1 saturated carbocycles. The number of fused-ring (bicyclic) bond motifs is 3. The smallest absolute Gasteiger partial charge is 0.327 e. The van der Waals surface area contributed by atoms with Crippen molar-refractivity contribution in [3.05, 3.63) is 59.8 Å². The topological polar surface area (TPSA) is 56.3 Å². The van der Waals surface area contributed by atoms with Crippen LogP contribution in [-0.2, 0) is 11.2 Å². The monoisotopic (exact) mass is 364 g/mol. The molecule has 0 spiro atoms. The average Bonchev–Trinajstić information content (AvgIpc) is 3.39. The molecule has 27 heavy (non-hydrogen) atoms. The number of H-pyrrole nitrogens is 1. The minimum absolute atomic E-state index is 0.190. The molecule has 1 aromatic carbocycles. The molecule has 2 heterocycles. The fourth-order valence-electron chi connectivity index (χ4n) is 4.42. The van der Waals surface area contributed by atoms with Gasteiger partial charge in [-0.25, -0.2) is 4.79 Å². The lowest BCUT2D eigenvalue weighted by Gasteiger charge is -2.42. The van der Waals surface area contributed by atoms with Crippen molar-refractivity contribution in [1.29, 1.82) is 0 Å². The Morgan fingerprint density at radius 3 is 2.89 bits per heavy atom. The number of nitrogens with one attached hydrogen (secondary N) is 1. The van der Waals surface area contributed by atoms with Crippen molar-refractivity contribution in [2.45, 2.75) is 51.1 Å². The number of benzene rings is 1. The van der Waals surface area contributed by atoms with E-state index in [2.05, 4.69) is 47.7 Å². The van der Waals surface area contributed by atoms with Crippen LogP contribution in [0.4, 0.5) is 0 Å². The van der Waals surface area contributed by atoms with Crippen LogP contribution in [0.25, 0.3) is 10.9 Å². The highest BCUT2D eigenvalue weighted by Gasteiger charge is 2.38. The third-order valence-corrected chi connectivity index (χ3v) is 5.96. The highest BCUT2D eigenvalue weighted by Crippen LogP contribution is 2.43. The number of aliphatic carboxylic acids is 1. The second-order valence-corrected chi connectivity index (χ2v) is 8.10. The van der Waals surface area contributed by atoms with Crippen LogP contribution in [0.5, 0.6) is 0 Å². The Balaban J connectivity index is 1.65. The van der Waals surface area contributed by atoms with Gasteiger partial charge in [0.15, 0.2) is 0 Å². The van der Waals surface area contributed by atoms with Crippen molar-refractivity contribution in [2.24, 2.45) is 5.92 Å². The van der Waals surface area contributed by atoms with E-state index >= 15 is 0 Å². The lowest BCUT2D eigenvalue weighted by atomic mass is 9.87. The van der Waals surface area contributed by atoms with E-state index in [1.807, 2.05) is 0 Å². The molecule has 0 bridgehead atoms. The van der Waals surface area contributed by atoms with Crippen LogP contribution in [0.15, 0.2) is 48.6 Å². The molecule has 2 unspecified atom stereocenters. The van der Waals surface area contributed by atoms with Gasteiger partial charge < -0.3 is 10.1 Å². The molecular weight excluding hydrogens is 336 g/mol. The van der Waals surface area contributed by atoms with Crippen LogP contribution in [0.2, 0.25) is 0 Å². The van der Waals surface area contributed by atoms with Crippen molar-refractivity contribution >= 4 is 16.9 Å². The molecule has 2 atom stereocenters. The maximum absolute atomic E-state index is 10.7. The first-order valence-electron chi connectivity index (χ1n) is 9.97. The zero-order chi connectivity index (χ0) is 19.0. The van der Waals surface area contributed by atoms with Gasteiger partial charge in [0.25, 0.3) is 0 Å². The van der Waals surface area contributed by atoms with Gasteiger partial charge in [-0.2, -0.15) is 0 Å². The first-order chi connectivity index (χ1) is 13.0. The molecule has 2 aromatic rings. The first-order valence-corrected chi connectivity index (χ1v) is 9.97. The number of para-hydroxylation sites is 1. The lowest BCUT2D eigenvalue weighted by molar-refractivity contribution is -0.131.